The molecule has 0 radical (unpaired) electrons. The predicted molar refractivity (Wildman–Crippen MR) is 59.7 cm³/mol. The molecule has 1 aromatic rings. The number of anilines is 1. The zero-order chi connectivity index (χ0) is 12.1. The number of hydrogen-bond donors (Lipinski definition) is 2. The van der Waals surface area contributed by atoms with Crippen molar-refractivity contribution >= 4 is 5.82 Å². The summed E-state index contributed by atoms with van der Waals surface area (Å²) in [5, 5.41) is 18.2. The van der Waals surface area contributed by atoms with E-state index in [4.69, 9.17) is 10.2 Å². The molecule has 0 saturated carbocycles. The van der Waals surface area contributed by atoms with Gasteiger partial charge in [0, 0.05) is 19.2 Å². The van der Waals surface area contributed by atoms with Gasteiger partial charge in [0.05, 0.1) is 18.9 Å². The minimum absolute atomic E-state index is 0.251. The van der Waals surface area contributed by atoms with Crippen molar-refractivity contribution in [2.45, 2.75) is 26.1 Å². The minimum Gasteiger partial charge on any atom is -0.393 e. The molecule has 0 bridgehead atoms. The van der Waals surface area contributed by atoms with Gasteiger partial charge < -0.3 is 15.1 Å². The second-order valence-corrected chi connectivity index (χ2v) is 3.85. The van der Waals surface area contributed by atoms with E-state index in [1.165, 1.54) is 6.07 Å². The van der Waals surface area contributed by atoms with Crippen LogP contribution in [0.5, 0.6) is 0 Å². The Labute approximate surface area is 94.4 Å². The fraction of sp³-hybridized carbons (Fsp3) is 0.545. The summed E-state index contributed by atoms with van der Waals surface area (Å²) in [5.41, 5.74) is 0.452. The molecule has 0 spiro atoms. The molecule has 0 aromatic carbocycles. The standard InChI is InChI=1S/C11H17FN2O2/c1-8(16)3-4-14(2)11-9(7-15)5-10(12)6-13-11/h5-6,8,15-16H,3-4,7H2,1-2H3. The van der Waals surface area contributed by atoms with E-state index in [-0.39, 0.29) is 12.7 Å². The predicted octanol–water partition coefficient (Wildman–Crippen LogP) is 0.920. The molecule has 0 saturated heterocycles. The first-order valence-corrected chi connectivity index (χ1v) is 5.19. The van der Waals surface area contributed by atoms with Gasteiger partial charge in [0.2, 0.25) is 0 Å². The van der Waals surface area contributed by atoms with Crippen molar-refractivity contribution in [2.75, 3.05) is 18.5 Å². The summed E-state index contributed by atoms with van der Waals surface area (Å²) in [4.78, 5) is 5.73. The van der Waals surface area contributed by atoms with Crippen molar-refractivity contribution in [3.8, 4) is 0 Å². The van der Waals surface area contributed by atoms with Crippen LogP contribution in [0.15, 0.2) is 12.3 Å². The zero-order valence-electron chi connectivity index (χ0n) is 9.52. The molecule has 0 aliphatic heterocycles. The Morgan fingerprint density at radius 3 is 2.81 bits per heavy atom. The van der Waals surface area contributed by atoms with Crippen LogP contribution in [0.1, 0.15) is 18.9 Å². The zero-order valence-corrected chi connectivity index (χ0v) is 9.52. The van der Waals surface area contributed by atoms with Crippen LogP contribution >= 0.6 is 0 Å². The molecule has 0 aliphatic rings. The average Bonchev–Trinajstić information content (AvgIpc) is 2.25. The Hall–Kier alpha value is -1.20. The molecular weight excluding hydrogens is 211 g/mol. The second kappa shape index (κ2) is 5.77. The Morgan fingerprint density at radius 2 is 2.25 bits per heavy atom. The highest BCUT2D eigenvalue weighted by Gasteiger charge is 2.10. The van der Waals surface area contributed by atoms with Crippen LogP contribution in [0.25, 0.3) is 0 Å². The maximum absolute atomic E-state index is 12.9. The molecule has 5 heteroatoms. The maximum atomic E-state index is 12.9. The smallest absolute Gasteiger partial charge is 0.142 e. The number of rotatable bonds is 5. The highest BCUT2D eigenvalue weighted by atomic mass is 19.1. The van der Waals surface area contributed by atoms with Crippen molar-refractivity contribution in [3.05, 3.63) is 23.6 Å². The van der Waals surface area contributed by atoms with E-state index in [0.29, 0.717) is 24.3 Å². The monoisotopic (exact) mass is 228 g/mol. The molecule has 2 N–H and O–H groups in total. The van der Waals surface area contributed by atoms with Gasteiger partial charge >= 0.3 is 0 Å². The van der Waals surface area contributed by atoms with Crippen LogP contribution in [0.4, 0.5) is 10.2 Å². The third kappa shape index (κ3) is 3.43. The number of nitrogens with zero attached hydrogens (tertiary/aromatic N) is 2. The topological polar surface area (TPSA) is 56.6 Å². The summed E-state index contributed by atoms with van der Waals surface area (Å²) in [5.74, 6) is 0.0845. The van der Waals surface area contributed by atoms with Crippen LogP contribution in [0, 0.1) is 5.82 Å². The molecular formula is C11H17FN2O2. The van der Waals surface area contributed by atoms with Gasteiger partial charge in [-0.2, -0.15) is 0 Å². The summed E-state index contributed by atoms with van der Waals surface area (Å²) in [6, 6.07) is 1.27. The van der Waals surface area contributed by atoms with Crippen molar-refractivity contribution in [2.24, 2.45) is 0 Å². The number of halogens is 1. The van der Waals surface area contributed by atoms with Crippen molar-refractivity contribution in [3.63, 3.8) is 0 Å². The van der Waals surface area contributed by atoms with Gasteiger partial charge in [0.1, 0.15) is 11.6 Å². The summed E-state index contributed by atoms with van der Waals surface area (Å²) < 4.78 is 12.9. The number of hydrogen-bond acceptors (Lipinski definition) is 4. The second-order valence-electron chi connectivity index (χ2n) is 3.85. The van der Waals surface area contributed by atoms with E-state index >= 15 is 0 Å². The first-order valence-electron chi connectivity index (χ1n) is 5.19. The third-order valence-corrected chi connectivity index (χ3v) is 2.32. The fourth-order valence-electron chi connectivity index (χ4n) is 1.42. The van der Waals surface area contributed by atoms with Crippen LogP contribution < -0.4 is 4.90 Å². The SMILES string of the molecule is CC(O)CCN(C)c1ncc(F)cc1CO. The number of aliphatic hydroxyl groups excluding tert-OH is 2. The van der Waals surface area contributed by atoms with E-state index in [2.05, 4.69) is 4.98 Å². The Balaban J connectivity index is 2.77. The first kappa shape index (κ1) is 12.9. The summed E-state index contributed by atoms with van der Waals surface area (Å²) >= 11 is 0. The maximum Gasteiger partial charge on any atom is 0.142 e. The van der Waals surface area contributed by atoms with Crippen molar-refractivity contribution < 1.29 is 14.6 Å². The number of aliphatic hydroxyl groups is 2. The van der Waals surface area contributed by atoms with Gasteiger partial charge in [-0.1, -0.05) is 0 Å². The Morgan fingerprint density at radius 1 is 1.56 bits per heavy atom. The quantitative estimate of drug-likeness (QED) is 0.787. The number of aromatic nitrogens is 1. The van der Waals surface area contributed by atoms with Crippen LogP contribution in [0.2, 0.25) is 0 Å². The molecule has 1 atom stereocenters. The molecule has 4 nitrogen and oxygen atoms in total. The summed E-state index contributed by atoms with van der Waals surface area (Å²) in [7, 11) is 1.79. The van der Waals surface area contributed by atoms with Gasteiger partial charge in [-0.15, -0.1) is 0 Å². The van der Waals surface area contributed by atoms with Crippen LogP contribution in [0.3, 0.4) is 0 Å². The highest BCUT2D eigenvalue weighted by molar-refractivity contribution is 5.45. The van der Waals surface area contributed by atoms with Crippen molar-refractivity contribution in [1.82, 2.24) is 4.98 Å². The van der Waals surface area contributed by atoms with Crippen molar-refractivity contribution in [1.29, 1.82) is 0 Å². The molecule has 0 amide bonds. The van der Waals surface area contributed by atoms with E-state index in [0.717, 1.165) is 6.20 Å². The Bertz CT molecular complexity index is 345. The minimum atomic E-state index is -0.461. The summed E-state index contributed by atoms with van der Waals surface area (Å²) in [6.07, 6.45) is 1.33. The average molecular weight is 228 g/mol. The lowest BCUT2D eigenvalue weighted by Crippen LogP contribution is -2.24. The molecule has 1 unspecified atom stereocenters. The molecule has 1 aromatic heterocycles. The van der Waals surface area contributed by atoms with Crippen LogP contribution in [-0.4, -0.2) is 34.9 Å². The highest BCUT2D eigenvalue weighted by Crippen LogP contribution is 2.17. The van der Waals surface area contributed by atoms with Gasteiger partial charge in [0.25, 0.3) is 0 Å². The molecule has 1 heterocycles. The largest absolute Gasteiger partial charge is 0.393 e. The lowest BCUT2D eigenvalue weighted by molar-refractivity contribution is 0.186. The summed E-state index contributed by atoms with van der Waals surface area (Å²) in [6.45, 7) is 2.06. The van der Waals surface area contributed by atoms with E-state index < -0.39 is 5.82 Å². The molecule has 1 rings (SSSR count). The lowest BCUT2D eigenvalue weighted by Gasteiger charge is -2.21. The molecule has 0 fully saturated rings. The number of pyridine rings is 1. The van der Waals surface area contributed by atoms with Gasteiger partial charge in [0.15, 0.2) is 0 Å². The first-order chi connectivity index (χ1) is 7.54. The van der Waals surface area contributed by atoms with Crippen LogP contribution in [-0.2, 0) is 6.61 Å². The van der Waals surface area contributed by atoms with E-state index in [1.807, 2.05) is 0 Å². The lowest BCUT2D eigenvalue weighted by atomic mass is 10.2. The molecule has 0 aliphatic carbocycles. The van der Waals surface area contributed by atoms with Gasteiger partial charge in [-0.05, 0) is 19.4 Å². The molecule has 16 heavy (non-hydrogen) atoms. The Kier molecular flexibility index (Phi) is 4.64. The van der Waals surface area contributed by atoms with E-state index in [1.54, 1.807) is 18.9 Å². The van der Waals surface area contributed by atoms with Gasteiger partial charge in [-0.25, -0.2) is 9.37 Å². The van der Waals surface area contributed by atoms with E-state index in [9.17, 15) is 4.39 Å². The normalized spacial score (nSPS) is 12.6. The fourth-order valence-corrected chi connectivity index (χ4v) is 1.42. The third-order valence-electron chi connectivity index (χ3n) is 2.32. The molecule has 90 valence electrons. The van der Waals surface area contributed by atoms with Gasteiger partial charge in [-0.3, -0.25) is 0 Å².